The van der Waals surface area contributed by atoms with Gasteiger partial charge in [-0.1, -0.05) is 96.8 Å². The lowest BCUT2D eigenvalue weighted by molar-refractivity contribution is 0.0342. The van der Waals surface area contributed by atoms with Crippen LogP contribution in [0.3, 0.4) is 0 Å². The van der Waals surface area contributed by atoms with Gasteiger partial charge in [-0.05, 0) is 6.42 Å². The Bertz CT molecular complexity index is 260. The fourth-order valence-electron chi connectivity index (χ4n) is 3.50. The van der Waals surface area contributed by atoms with Crippen LogP contribution in [0, 0.1) is 0 Å². The molecule has 0 radical (unpaired) electrons. The number of rotatable bonds is 15. The monoisotopic (exact) mass is 327 g/mol. The number of nitrogens with two attached hydrogens (primary N) is 1. The minimum atomic E-state index is -0.447. The molecule has 0 aliphatic carbocycles. The molecule has 3 heteroatoms. The first-order valence-electron chi connectivity index (χ1n) is 10.3. The number of unbranched alkanes of at least 4 members (excludes halogenated alkanes) is 13. The van der Waals surface area contributed by atoms with E-state index in [-0.39, 0.29) is 12.1 Å². The normalized spacial score (nSPS) is 24.4. The second kappa shape index (κ2) is 14.2. The average molecular weight is 328 g/mol. The van der Waals surface area contributed by atoms with Gasteiger partial charge in [0, 0.05) is 0 Å². The van der Waals surface area contributed by atoms with E-state index in [1.54, 1.807) is 0 Å². The van der Waals surface area contributed by atoms with Gasteiger partial charge in [-0.25, -0.2) is 0 Å². The van der Waals surface area contributed by atoms with E-state index < -0.39 is 6.10 Å². The van der Waals surface area contributed by atoms with E-state index in [0.717, 1.165) is 12.8 Å². The molecule has 1 heterocycles. The molecule has 0 spiro atoms. The van der Waals surface area contributed by atoms with E-state index >= 15 is 0 Å². The lowest BCUT2D eigenvalue weighted by Gasteiger charge is -2.14. The smallest absolute Gasteiger partial charge is 0.0974 e. The summed E-state index contributed by atoms with van der Waals surface area (Å²) in [6.07, 6.45) is 19.8. The highest BCUT2D eigenvalue weighted by Gasteiger charge is 2.32. The maximum Gasteiger partial charge on any atom is 0.0974 e. The number of ether oxygens (including phenoxy) is 1. The van der Waals surface area contributed by atoms with Crippen LogP contribution in [0.5, 0.6) is 0 Å². The van der Waals surface area contributed by atoms with Gasteiger partial charge < -0.3 is 15.6 Å². The standard InChI is InChI=1S/C20H41NO2/c1-2-3-4-5-6-7-8-9-10-11-12-13-14-15-16-19-20(22)18(21)17-23-19/h18-20,22H,2-17,21H2,1H3. The molecule has 0 amide bonds. The van der Waals surface area contributed by atoms with E-state index in [2.05, 4.69) is 6.92 Å². The number of aliphatic hydroxyl groups is 1. The Labute approximate surface area is 144 Å². The Kier molecular flexibility index (Phi) is 13.0. The molecule has 1 rings (SSSR count). The summed E-state index contributed by atoms with van der Waals surface area (Å²) in [5.41, 5.74) is 5.74. The third-order valence-corrected chi connectivity index (χ3v) is 5.16. The fraction of sp³-hybridized carbons (Fsp3) is 1.00. The van der Waals surface area contributed by atoms with Crippen molar-refractivity contribution in [2.45, 2.75) is 121 Å². The van der Waals surface area contributed by atoms with Crippen LogP contribution in [0.4, 0.5) is 0 Å². The van der Waals surface area contributed by atoms with Crippen molar-refractivity contribution >= 4 is 0 Å². The summed E-state index contributed by atoms with van der Waals surface area (Å²) < 4.78 is 5.52. The molecule has 0 aromatic rings. The van der Waals surface area contributed by atoms with Crippen molar-refractivity contribution in [2.75, 3.05) is 6.61 Å². The van der Waals surface area contributed by atoms with E-state index in [4.69, 9.17) is 10.5 Å². The van der Waals surface area contributed by atoms with Crippen molar-refractivity contribution in [1.29, 1.82) is 0 Å². The topological polar surface area (TPSA) is 55.5 Å². The fourth-order valence-corrected chi connectivity index (χ4v) is 3.50. The molecule has 3 nitrogen and oxygen atoms in total. The summed E-state index contributed by atoms with van der Waals surface area (Å²) in [6.45, 7) is 2.80. The second-order valence-electron chi connectivity index (χ2n) is 7.41. The summed E-state index contributed by atoms with van der Waals surface area (Å²) in [6, 6.07) is -0.174. The van der Waals surface area contributed by atoms with Gasteiger partial charge in [-0.3, -0.25) is 0 Å². The average Bonchev–Trinajstić information content (AvgIpc) is 2.87. The Morgan fingerprint density at radius 2 is 1.22 bits per heavy atom. The molecule has 1 aliphatic heterocycles. The van der Waals surface area contributed by atoms with Crippen LogP contribution in [0.2, 0.25) is 0 Å². The number of hydrogen-bond donors (Lipinski definition) is 2. The second-order valence-corrected chi connectivity index (χ2v) is 7.41. The Morgan fingerprint density at radius 1 is 0.783 bits per heavy atom. The zero-order valence-corrected chi connectivity index (χ0v) is 15.5. The highest BCUT2D eigenvalue weighted by atomic mass is 16.5. The summed E-state index contributed by atoms with van der Waals surface area (Å²) >= 11 is 0. The molecular weight excluding hydrogens is 286 g/mol. The zero-order chi connectivity index (χ0) is 16.8. The van der Waals surface area contributed by atoms with Crippen molar-refractivity contribution in [3.8, 4) is 0 Å². The molecule has 0 aromatic heterocycles. The van der Waals surface area contributed by atoms with Gasteiger partial charge in [-0.2, -0.15) is 0 Å². The first-order valence-corrected chi connectivity index (χ1v) is 10.3. The third-order valence-electron chi connectivity index (χ3n) is 5.16. The lowest BCUT2D eigenvalue weighted by Crippen LogP contribution is -2.36. The van der Waals surface area contributed by atoms with E-state index in [0.29, 0.717) is 6.61 Å². The Morgan fingerprint density at radius 3 is 1.61 bits per heavy atom. The van der Waals surface area contributed by atoms with Crippen molar-refractivity contribution < 1.29 is 9.84 Å². The molecule has 138 valence electrons. The van der Waals surface area contributed by atoms with Gasteiger partial charge in [0.05, 0.1) is 24.9 Å². The molecule has 1 fully saturated rings. The number of hydrogen-bond acceptors (Lipinski definition) is 3. The number of aliphatic hydroxyl groups excluding tert-OH is 1. The minimum Gasteiger partial charge on any atom is -0.389 e. The van der Waals surface area contributed by atoms with Crippen molar-refractivity contribution in [3.63, 3.8) is 0 Å². The van der Waals surface area contributed by atoms with Gasteiger partial charge in [0.15, 0.2) is 0 Å². The van der Waals surface area contributed by atoms with Crippen LogP contribution >= 0.6 is 0 Å². The molecular formula is C20H41NO2. The Hall–Kier alpha value is -0.120. The maximum absolute atomic E-state index is 9.81. The summed E-state index contributed by atoms with van der Waals surface area (Å²) in [4.78, 5) is 0. The first kappa shape index (κ1) is 20.9. The zero-order valence-electron chi connectivity index (χ0n) is 15.5. The lowest BCUT2D eigenvalue weighted by atomic mass is 10.0. The van der Waals surface area contributed by atoms with Crippen LogP contribution in [0.1, 0.15) is 103 Å². The highest BCUT2D eigenvalue weighted by Crippen LogP contribution is 2.19. The van der Waals surface area contributed by atoms with Crippen LogP contribution in [0.15, 0.2) is 0 Å². The van der Waals surface area contributed by atoms with Gasteiger partial charge >= 0.3 is 0 Å². The highest BCUT2D eigenvalue weighted by molar-refractivity contribution is 4.85. The molecule has 3 unspecified atom stereocenters. The molecule has 23 heavy (non-hydrogen) atoms. The van der Waals surface area contributed by atoms with Crippen LogP contribution < -0.4 is 5.73 Å². The largest absolute Gasteiger partial charge is 0.389 e. The minimum absolute atomic E-state index is 0.0117. The first-order chi connectivity index (χ1) is 11.3. The quantitative estimate of drug-likeness (QED) is 0.419. The Balaban J connectivity index is 1.73. The van der Waals surface area contributed by atoms with E-state index in [1.165, 1.54) is 83.5 Å². The van der Waals surface area contributed by atoms with E-state index in [1.807, 2.05) is 0 Å². The molecule has 0 bridgehead atoms. The molecule has 3 atom stereocenters. The van der Waals surface area contributed by atoms with Crippen molar-refractivity contribution in [3.05, 3.63) is 0 Å². The van der Waals surface area contributed by atoms with Gasteiger partial charge in [0.1, 0.15) is 0 Å². The van der Waals surface area contributed by atoms with Crippen LogP contribution in [-0.4, -0.2) is 30.0 Å². The van der Waals surface area contributed by atoms with Gasteiger partial charge in [0.25, 0.3) is 0 Å². The van der Waals surface area contributed by atoms with Gasteiger partial charge in [0.2, 0.25) is 0 Å². The molecule has 0 saturated carbocycles. The predicted octanol–water partition coefficient (Wildman–Crippen LogP) is 4.94. The molecule has 1 saturated heterocycles. The summed E-state index contributed by atoms with van der Waals surface area (Å²) in [5.74, 6) is 0. The van der Waals surface area contributed by atoms with Crippen molar-refractivity contribution in [1.82, 2.24) is 0 Å². The van der Waals surface area contributed by atoms with Gasteiger partial charge in [-0.15, -0.1) is 0 Å². The van der Waals surface area contributed by atoms with Crippen LogP contribution in [0.25, 0.3) is 0 Å². The van der Waals surface area contributed by atoms with Crippen molar-refractivity contribution in [2.24, 2.45) is 5.73 Å². The SMILES string of the molecule is CCCCCCCCCCCCCCCCC1OCC(N)C1O. The summed E-state index contributed by atoms with van der Waals surface area (Å²) in [5, 5.41) is 9.81. The van der Waals surface area contributed by atoms with Crippen LogP contribution in [-0.2, 0) is 4.74 Å². The predicted molar refractivity (Wildman–Crippen MR) is 98.7 cm³/mol. The molecule has 0 aromatic carbocycles. The molecule has 3 N–H and O–H groups in total. The summed E-state index contributed by atoms with van der Waals surface area (Å²) in [7, 11) is 0. The third kappa shape index (κ3) is 10.4. The van der Waals surface area contributed by atoms with E-state index in [9.17, 15) is 5.11 Å². The maximum atomic E-state index is 9.81. The molecule has 1 aliphatic rings.